The molecule has 5 aromatic rings. The Bertz CT molecular complexity index is 1610. The second kappa shape index (κ2) is 9.29. The van der Waals surface area contributed by atoms with Crippen LogP contribution in [0.25, 0.3) is 33.5 Å². The lowest BCUT2D eigenvalue weighted by molar-refractivity contribution is -0.132. The summed E-state index contributed by atoms with van der Waals surface area (Å²) in [5.41, 5.74) is 1.68. The lowest BCUT2D eigenvalue weighted by Crippen LogP contribution is -2.20. The molecule has 0 N–H and O–H groups in total. The first-order valence-corrected chi connectivity index (χ1v) is 12.3. The van der Waals surface area contributed by atoms with Gasteiger partial charge in [-0.3, -0.25) is 9.59 Å². The van der Waals surface area contributed by atoms with Crippen molar-refractivity contribution in [2.45, 2.75) is 6.92 Å². The van der Waals surface area contributed by atoms with E-state index in [1.54, 1.807) is 24.4 Å². The Morgan fingerprint density at radius 2 is 1.76 bits per heavy atom. The van der Waals surface area contributed by atoms with Crippen LogP contribution in [0.5, 0.6) is 5.75 Å². The van der Waals surface area contributed by atoms with Crippen molar-refractivity contribution in [2.24, 2.45) is 5.10 Å². The first kappa shape index (κ1) is 22.7. The number of fused-ring (bicyclic) bond motifs is 2. The van der Waals surface area contributed by atoms with Crippen LogP contribution in [0.3, 0.4) is 0 Å². The fourth-order valence-electron chi connectivity index (χ4n) is 3.50. The molecule has 0 aliphatic carbocycles. The molecule has 2 aromatic heterocycles. The molecule has 0 radical (unpaired) electrons. The molecule has 9 heteroatoms. The monoisotopic (exact) mass is 675 g/mol. The first-order chi connectivity index (χ1) is 16.4. The fraction of sp³-hybridized carbons (Fsp3) is 0.0400. The molecule has 5 rings (SSSR count). The van der Waals surface area contributed by atoms with Gasteiger partial charge in [0.15, 0.2) is 11.5 Å². The van der Waals surface area contributed by atoms with Gasteiger partial charge in [0.2, 0.25) is 5.82 Å². The summed E-state index contributed by atoms with van der Waals surface area (Å²) in [6.07, 6.45) is 1.58. The normalized spacial score (nSPS) is 11.5. The summed E-state index contributed by atoms with van der Waals surface area (Å²) in [4.78, 5) is 29.5. The molecule has 34 heavy (non-hydrogen) atoms. The third kappa shape index (κ3) is 4.37. The number of carbonyl (C=O) groups is 1. The van der Waals surface area contributed by atoms with Crippen LogP contribution >= 0.6 is 45.2 Å². The number of halogens is 2. The highest BCUT2D eigenvalue weighted by Crippen LogP contribution is 2.29. The van der Waals surface area contributed by atoms with Gasteiger partial charge in [0.1, 0.15) is 5.58 Å². The van der Waals surface area contributed by atoms with Crippen molar-refractivity contribution in [3.05, 3.63) is 89.8 Å². The Balaban J connectivity index is 1.66. The number of benzene rings is 3. The predicted molar refractivity (Wildman–Crippen MR) is 147 cm³/mol. The third-order valence-corrected chi connectivity index (χ3v) is 6.59. The Labute approximate surface area is 220 Å². The summed E-state index contributed by atoms with van der Waals surface area (Å²) in [7, 11) is 0. The number of rotatable bonds is 4. The quantitative estimate of drug-likeness (QED) is 0.104. The summed E-state index contributed by atoms with van der Waals surface area (Å²) in [6, 6.07) is 20.2. The minimum atomic E-state index is -0.387. The molecule has 3 aromatic carbocycles. The number of esters is 1. The molecule has 0 spiro atoms. The van der Waals surface area contributed by atoms with Crippen molar-refractivity contribution in [2.75, 3.05) is 0 Å². The molecule has 0 unspecified atom stereocenters. The Hall–Kier alpha value is -3.06. The highest BCUT2D eigenvalue weighted by atomic mass is 127. The van der Waals surface area contributed by atoms with Crippen LogP contribution in [-0.4, -0.2) is 21.8 Å². The van der Waals surface area contributed by atoms with Crippen molar-refractivity contribution in [1.82, 2.24) is 9.66 Å². The van der Waals surface area contributed by atoms with Crippen LogP contribution in [0.1, 0.15) is 12.5 Å². The first-order valence-electron chi connectivity index (χ1n) is 10.1. The second-order valence-corrected chi connectivity index (χ2v) is 9.69. The summed E-state index contributed by atoms with van der Waals surface area (Å²) in [6.45, 7) is 1.36. The van der Waals surface area contributed by atoms with E-state index in [9.17, 15) is 9.59 Å². The zero-order valence-electron chi connectivity index (χ0n) is 17.7. The van der Waals surface area contributed by atoms with E-state index in [1.807, 2.05) is 48.5 Å². The van der Waals surface area contributed by atoms with Crippen molar-refractivity contribution in [3.8, 4) is 17.3 Å². The van der Waals surface area contributed by atoms with E-state index in [2.05, 4.69) is 50.3 Å². The standard InChI is InChI=1S/C25H15I2N3O4/c1-14(31)33-23-18(26)10-15(11-19(23)27)13-28-30-24(22-12-16-6-2-5-9-21(16)34-22)29-20-8-4-3-7-17(20)25(30)32/h2-13H,1H3. The van der Waals surface area contributed by atoms with Gasteiger partial charge >= 0.3 is 5.97 Å². The number of hydrogen-bond acceptors (Lipinski definition) is 6. The van der Waals surface area contributed by atoms with E-state index in [0.717, 1.165) is 18.1 Å². The molecule has 2 heterocycles. The van der Waals surface area contributed by atoms with Gasteiger partial charge in [0.05, 0.1) is 24.3 Å². The fourth-order valence-corrected chi connectivity index (χ4v) is 5.54. The average Bonchev–Trinajstić information content (AvgIpc) is 3.25. The maximum atomic E-state index is 13.4. The largest absolute Gasteiger partial charge is 0.453 e. The van der Waals surface area contributed by atoms with Crippen LogP contribution in [0.2, 0.25) is 0 Å². The van der Waals surface area contributed by atoms with Crippen LogP contribution in [-0.2, 0) is 4.79 Å². The van der Waals surface area contributed by atoms with Crippen LogP contribution in [0, 0.1) is 7.14 Å². The molecule has 0 aliphatic heterocycles. The topological polar surface area (TPSA) is 86.7 Å². The highest BCUT2D eigenvalue weighted by molar-refractivity contribution is 14.1. The van der Waals surface area contributed by atoms with E-state index in [-0.39, 0.29) is 11.5 Å². The smallest absolute Gasteiger partial charge is 0.308 e. The van der Waals surface area contributed by atoms with Gasteiger partial charge in [-0.05, 0) is 87.1 Å². The van der Waals surface area contributed by atoms with E-state index >= 15 is 0 Å². The molecule has 0 saturated carbocycles. The van der Waals surface area contributed by atoms with Gasteiger partial charge in [-0.2, -0.15) is 9.78 Å². The van der Waals surface area contributed by atoms with E-state index in [0.29, 0.717) is 33.8 Å². The Kier molecular flexibility index (Phi) is 6.21. The Morgan fingerprint density at radius 1 is 1.06 bits per heavy atom. The van der Waals surface area contributed by atoms with Crippen molar-refractivity contribution >= 4 is 79.2 Å². The molecule has 168 valence electrons. The number of hydrogen-bond donors (Lipinski definition) is 0. The molecule has 7 nitrogen and oxygen atoms in total. The zero-order valence-corrected chi connectivity index (χ0v) is 22.0. The number of furan rings is 1. The van der Waals surface area contributed by atoms with E-state index in [1.165, 1.54) is 11.6 Å². The number of carbonyl (C=O) groups excluding carboxylic acids is 1. The number of aromatic nitrogens is 2. The van der Waals surface area contributed by atoms with Gasteiger partial charge in [-0.1, -0.05) is 30.3 Å². The number of nitrogens with zero attached hydrogens (tertiary/aromatic N) is 3. The maximum Gasteiger partial charge on any atom is 0.308 e. The van der Waals surface area contributed by atoms with Gasteiger partial charge in [-0.15, -0.1) is 0 Å². The molecule has 0 amide bonds. The predicted octanol–water partition coefficient (Wildman–Crippen LogP) is 5.83. The highest BCUT2D eigenvalue weighted by Gasteiger charge is 2.16. The molecule has 0 aliphatic rings. The lowest BCUT2D eigenvalue weighted by atomic mass is 10.2. The summed E-state index contributed by atoms with van der Waals surface area (Å²) in [5.74, 6) is 0.854. The van der Waals surface area contributed by atoms with E-state index < -0.39 is 0 Å². The van der Waals surface area contributed by atoms with Gasteiger partial charge in [-0.25, -0.2) is 4.98 Å². The molecular formula is C25H15I2N3O4. The van der Waals surface area contributed by atoms with Crippen molar-refractivity contribution < 1.29 is 13.9 Å². The van der Waals surface area contributed by atoms with Crippen LogP contribution in [0.4, 0.5) is 0 Å². The lowest BCUT2D eigenvalue weighted by Gasteiger charge is -2.09. The zero-order chi connectivity index (χ0) is 23.8. The summed E-state index contributed by atoms with van der Waals surface area (Å²) < 4.78 is 14.0. The van der Waals surface area contributed by atoms with Crippen LogP contribution < -0.4 is 10.3 Å². The minimum Gasteiger partial charge on any atom is -0.453 e. The van der Waals surface area contributed by atoms with E-state index in [4.69, 9.17) is 14.1 Å². The third-order valence-electron chi connectivity index (χ3n) is 4.99. The maximum absolute atomic E-state index is 13.4. The summed E-state index contributed by atoms with van der Waals surface area (Å²) >= 11 is 4.20. The average molecular weight is 675 g/mol. The summed E-state index contributed by atoms with van der Waals surface area (Å²) in [5, 5.41) is 5.84. The molecule has 0 atom stereocenters. The number of para-hydroxylation sites is 2. The molecular weight excluding hydrogens is 660 g/mol. The minimum absolute atomic E-state index is 0.303. The van der Waals surface area contributed by atoms with Crippen molar-refractivity contribution in [3.63, 3.8) is 0 Å². The van der Waals surface area contributed by atoms with Crippen molar-refractivity contribution in [1.29, 1.82) is 0 Å². The van der Waals surface area contributed by atoms with Gasteiger partial charge in [0, 0.05) is 12.3 Å². The molecule has 0 bridgehead atoms. The van der Waals surface area contributed by atoms with Gasteiger partial charge < -0.3 is 9.15 Å². The second-order valence-electron chi connectivity index (χ2n) is 7.37. The Morgan fingerprint density at radius 3 is 2.50 bits per heavy atom. The molecule has 0 saturated heterocycles. The number of ether oxygens (including phenoxy) is 1. The SMILES string of the molecule is CC(=O)Oc1c(I)cc(C=Nn2c(-c3cc4ccccc4o3)nc3ccccc3c2=O)cc1I. The van der Waals surface area contributed by atoms with Gasteiger partial charge in [0.25, 0.3) is 5.56 Å². The molecule has 0 fully saturated rings. The van der Waals surface area contributed by atoms with Crippen LogP contribution in [0.15, 0.2) is 81.0 Å².